The molecule has 2 aromatic rings. The molecule has 1 saturated heterocycles. The topological polar surface area (TPSA) is 70.4 Å². The second-order valence-electron chi connectivity index (χ2n) is 7.54. The number of anilines is 1. The highest BCUT2D eigenvalue weighted by atomic mass is 16.3. The summed E-state index contributed by atoms with van der Waals surface area (Å²) >= 11 is 0. The van der Waals surface area contributed by atoms with Crippen LogP contribution in [0.15, 0.2) is 30.5 Å². The Morgan fingerprint density at radius 2 is 1.96 bits per heavy atom. The Labute approximate surface area is 161 Å². The average molecular weight is 370 g/mol. The monoisotopic (exact) mass is 370 g/mol. The van der Waals surface area contributed by atoms with E-state index in [4.69, 9.17) is 0 Å². The first-order valence-electron chi connectivity index (χ1n) is 9.78. The number of β-amino-alcohol motifs (C(OH)–C–C–N with tert-alkyl or cyclic N) is 1. The SMILES string of the molecule is CCC(CC)n1ncc(C)c1NC(=O)N1CC[C@](O)(c2ccccc2C)C1. The van der Waals surface area contributed by atoms with Gasteiger partial charge in [0.1, 0.15) is 11.4 Å². The van der Waals surface area contributed by atoms with Gasteiger partial charge in [-0.3, -0.25) is 5.32 Å². The number of amides is 2. The van der Waals surface area contributed by atoms with Gasteiger partial charge in [-0.15, -0.1) is 0 Å². The number of aryl methyl sites for hydroxylation is 2. The fourth-order valence-electron chi connectivity index (χ4n) is 3.98. The molecule has 1 fully saturated rings. The van der Waals surface area contributed by atoms with Crippen LogP contribution in [0.25, 0.3) is 0 Å². The average Bonchev–Trinajstić information content (AvgIpc) is 3.22. The third-order valence-corrected chi connectivity index (χ3v) is 5.67. The molecule has 146 valence electrons. The molecule has 0 unspecified atom stereocenters. The molecule has 1 aromatic carbocycles. The van der Waals surface area contributed by atoms with E-state index in [1.165, 1.54) is 0 Å². The Kier molecular flexibility index (Phi) is 5.56. The molecular formula is C21H30N4O2. The van der Waals surface area contributed by atoms with Crippen molar-refractivity contribution in [2.75, 3.05) is 18.4 Å². The number of aromatic nitrogens is 2. The van der Waals surface area contributed by atoms with Gasteiger partial charge < -0.3 is 10.0 Å². The van der Waals surface area contributed by atoms with Crippen LogP contribution in [-0.2, 0) is 5.60 Å². The van der Waals surface area contributed by atoms with Crippen molar-refractivity contribution in [1.82, 2.24) is 14.7 Å². The van der Waals surface area contributed by atoms with Crippen LogP contribution in [0, 0.1) is 13.8 Å². The largest absolute Gasteiger partial charge is 0.383 e. The highest BCUT2D eigenvalue weighted by Crippen LogP contribution is 2.34. The first-order chi connectivity index (χ1) is 12.9. The van der Waals surface area contributed by atoms with Crippen molar-refractivity contribution >= 4 is 11.8 Å². The summed E-state index contributed by atoms with van der Waals surface area (Å²) in [4.78, 5) is 14.6. The van der Waals surface area contributed by atoms with Gasteiger partial charge in [-0.1, -0.05) is 38.1 Å². The second-order valence-corrected chi connectivity index (χ2v) is 7.54. The molecule has 1 aromatic heterocycles. The minimum atomic E-state index is -0.993. The van der Waals surface area contributed by atoms with E-state index in [1.807, 2.05) is 42.8 Å². The molecule has 0 spiro atoms. The first kappa shape index (κ1) is 19.4. The number of hydrogen-bond donors (Lipinski definition) is 2. The van der Waals surface area contributed by atoms with E-state index in [1.54, 1.807) is 11.1 Å². The van der Waals surface area contributed by atoms with Crippen LogP contribution >= 0.6 is 0 Å². The summed E-state index contributed by atoms with van der Waals surface area (Å²) in [5.74, 6) is 0.750. The number of rotatable bonds is 5. The fraction of sp³-hybridized carbons (Fsp3) is 0.524. The fourth-order valence-corrected chi connectivity index (χ4v) is 3.98. The summed E-state index contributed by atoms with van der Waals surface area (Å²) < 4.78 is 1.91. The van der Waals surface area contributed by atoms with E-state index >= 15 is 0 Å². The molecule has 0 bridgehead atoms. The molecule has 27 heavy (non-hydrogen) atoms. The van der Waals surface area contributed by atoms with Crippen LogP contribution in [0.4, 0.5) is 10.6 Å². The van der Waals surface area contributed by atoms with Crippen LogP contribution < -0.4 is 5.32 Å². The van der Waals surface area contributed by atoms with Gasteiger partial charge in [0.15, 0.2) is 0 Å². The molecule has 0 aliphatic carbocycles. The van der Waals surface area contributed by atoms with E-state index in [2.05, 4.69) is 24.3 Å². The predicted octanol–water partition coefficient (Wildman–Crippen LogP) is 3.99. The van der Waals surface area contributed by atoms with Crippen molar-refractivity contribution in [3.63, 3.8) is 0 Å². The summed E-state index contributed by atoms with van der Waals surface area (Å²) in [6.45, 7) is 9.01. The molecule has 1 aliphatic heterocycles. The van der Waals surface area contributed by atoms with Gasteiger partial charge in [-0.25, -0.2) is 9.48 Å². The zero-order valence-corrected chi connectivity index (χ0v) is 16.7. The van der Waals surface area contributed by atoms with Crippen LogP contribution in [0.1, 0.15) is 55.8 Å². The molecule has 2 amide bonds. The van der Waals surface area contributed by atoms with Gasteiger partial charge in [0.25, 0.3) is 0 Å². The van der Waals surface area contributed by atoms with E-state index < -0.39 is 5.60 Å². The van der Waals surface area contributed by atoms with E-state index in [0.29, 0.717) is 19.5 Å². The van der Waals surface area contributed by atoms with Crippen molar-refractivity contribution in [2.24, 2.45) is 0 Å². The normalized spacial score (nSPS) is 19.7. The van der Waals surface area contributed by atoms with Gasteiger partial charge in [-0.05, 0) is 44.2 Å². The zero-order valence-electron chi connectivity index (χ0n) is 16.7. The second kappa shape index (κ2) is 7.72. The first-order valence-corrected chi connectivity index (χ1v) is 9.78. The third kappa shape index (κ3) is 3.72. The van der Waals surface area contributed by atoms with Gasteiger partial charge in [0, 0.05) is 12.1 Å². The van der Waals surface area contributed by atoms with Crippen molar-refractivity contribution in [3.05, 3.63) is 47.2 Å². The van der Waals surface area contributed by atoms with Gasteiger partial charge in [0.05, 0.1) is 18.8 Å². The van der Waals surface area contributed by atoms with E-state index in [0.717, 1.165) is 35.3 Å². The molecule has 1 atom stereocenters. The molecule has 2 heterocycles. The maximum atomic E-state index is 12.9. The number of likely N-dealkylation sites (tertiary alicyclic amines) is 1. The molecule has 6 nitrogen and oxygen atoms in total. The lowest BCUT2D eigenvalue weighted by molar-refractivity contribution is 0.0494. The Hall–Kier alpha value is -2.34. The predicted molar refractivity (Wildman–Crippen MR) is 107 cm³/mol. The molecular weight excluding hydrogens is 340 g/mol. The summed E-state index contributed by atoms with van der Waals surface area (Å²) in [5, 5.41) is 18.6. The van der Waals surface area contributed by atoms with Crippen molar-refractivity contribution < 1.29 is 9.90 Å². The summed E-state index contributed by atoms with van der Waals surface area (Å²) in [6.07, 6.45) is 4.24. The zero-order chi connectivity index (χ0) is 19.6. The molecule has 0 saturated carbocycles. The molecule has 1 aliphatic rings. The molecule has 3 rings (SSSR count). The highest BCUT2D eigenvalue weighted by molar-refractivity contribution is 5.89. The lowest BCUT2D eigenvalue weighted by Crippen LogP contribution is -2.37. The van der Waals surface area contributed by atoms with Crippen LogP contribution in [-0.4, -0.2) is 38.9 Å². The van der Waals surface area contributed by atoms with Gasteiger partial charge in [-0.2, -0.15) is 5.10 Å². The number of carbonyl (C=O) groups is 1. The molecule has 2 N–H and O–H groups in total. The number of hydrogen-bond acceptors (Lipinski definition) is 3. The van der Waals surface area contributed by atoms with Crippen molar-refractivity contribution in [1.29, 1.82) is 0 Å². The Morgan fingerprint density at radius 3 is 2.63 bits per heavy atom. The number of aliphatic hydroxyl groups is 1. The smallest absolute Gasteiger partial charge is 0.323 e. The van der Waals surface area contributed by atoms with Crippen LogP contribution in [0.2, 0.25) is 0 Å². The standard InChI is InChI=1S/C21H30N4O2/c1-5-17(6-2)25-19(16(4)13-22-25)23-20(26)24-12-11-21(27,14-24)18-10-8-7-9-15(18)3/h7-10,13,17,27H,5-6,11-12,14H2,1-4H3,(H,23,26)/t21-/m1/s1. The minimum absolute atomic E-state index is 0.185. The Morgan fingerprint density at radius 1 is 1.26 bits per heavy atom. The maximum Gasteiger partial charge on any atom is 0.323 e. The van der Waals surface area contributed by atoms with E-state index in [-0.39, 0.29) is 12.1 Å². The molecule has 0 radical (unpaired) electrons. The summed E-state index contributed by atoms with van der Waals surface area (Å²) in [6, 6.07) is 7.91. The third-order valence-electron chi connectivity index (χ3n) is 5.67. The molecule has 6 heteroatoms. The minimum Gasteiger partial charge on any atom is -0.383 e. The lowest BCUT2D eigenvalue weighted by Gasteiger charge is -2.26. The lowest BCUT2D eigenvalue weighted by atomic mass is 9.89. The number of benzene rings is 1. The van der Waals surface area contributed by atoms with Gasteiger partial charge >= 0.3 is 6.03 Å². The van der Waals surface area contributed by atoms with Crippen molar-refractivity contribution in [3.8, 4) is 0 Å². The van der Waals surface area contributed by atoms with Gasteiger partial charge in [0.2, 0.25) is 0 Å². The highest BCUT2D eigenvalue weighted by Gasteiger charge is 2.40. The number of nitrogens with one attached hydrogen (secondary N) is 1. The summed E-state index contributed by atoms with van der Waals surface area (Å²) in [5.41, 5.74) is 1.90. The quantitative estimate of drug-likeness (QED) is 0.836. The summed E-state index contributed by atoms with van der Waals surface area (Å²) in [7, 11) is 0. The van der Waals surface area contributed by atoms with E-state index in [9.17, 15) is 9.90 Å². The van der Waals surface area contributed by atoms with Crippen molar-refractivity contribution in [2.45, 2.75) is 58.6 Å². The number of urea groups is 1. The van der Waals surface area contributed by atoms with Crippen LogP contribution in [0.5, 0.6) is 0 Å². The number of carbonyl (C=O) groups excluding carboxylic acids is 1. The van der Waals surface area contributed by atoms with Crippen LogP contribution in [0.3, 0.4) is 0 Å². The Balaban J connectivity index is 1.76. The number of nitrogens with zero attached hydrogens (tertiary/aromatic N) is 3. The Bertz CT molecular complexity index is 812. The maximum absolute atomic E-state index is 12.9.